The van der Waals surface area contributed by atoms with Gasteiger partial charge in [-0.3, -0.25) is 4.79 Å². The van der Waals surface area contributed by atoms with Crippen LogP contribution in [0.4, 0.5) is 0 Å². The third kappa shape index (κ3) is 3.00. The SMILES string of the molecule is COC(=O)C(O)CNC(=O)c1cc(C)nc2onc(C)c12. The first kappa shape index (κ1) is 14.9. The molecule has 0 aliphatic carbocycles. The average molecular weight is 293 g/mol. The van der Waals surface area contributed by atoms with Crippen molar-refractivity contribution in [3.8, 4) is 0 Å². The molecule has 1 amide bonds. The molecular formula is C13H15N3O5. The fraction of sp³-hybridized carbons (Fsp3) is 0.385. The third-order valence-electron chi connectivity index (χ3n) is 2.92. The maximum Gasteiger partial charge on any atom is 0.336 e. The van der Waals surface area contributed by atoms with E-state index in [0.717, 1.165) is 7.11 Å². The lowest BCUT2D eigenvalue weighted by Crippen LogP contribution is -2.37. The number of rotatable bonds is 4. The highest BCUT2D eigenvalue weighted by atomic mass is 16.5. The van der Waals surface area contributed by atoms with Gasteiger partial charge in [0.2, 0.25) is 0 Å². The van der Waals surface area contributed by atoms with E-state index >= 15 is 0 Å². The molecule has 0 aliphatic rings. The number of nitrogens with zero attached hydrogens (tertiary/aromatic N) is 2. The zero-order chi connectivity index (χ0) is 15.6. The Balaban J connectivity index is 2.23. The van der Waals surface area contributed by atoms with Crippen molar-refractivity contribution in [2.75, 3.05) is 13.7 Å². The predicted octanol–water partition coefficient (Wildman–Crippen LogP) is 0.103. The summed E-state index contributed by atoms with van der Waals surface area (Å²) in [5.74, 6) is -1.27. The molecular weight excluding hydrogens is 278 g/mol. The van der Waals surface area contributed by atoms with Crippen molar-refractivity contribution in [3.63, 3.8) is 0 Å². The summed E-state index contributed by atoms with van der Waals surface area (Å²) in [5.41, 5.74) is 1.73. The summed E-state index contributed by atoms with van der Waals surface area (Å²) in [6.45, 7) is 3.17. The van der Waals surface area contributed by atoms with E-state index in [1.165, 1.54) is 0 Å². The summed E-state index contributed by atoms with van der Waals surface area (Å²) in [6, 6.07) is 1.59. The summed E-state index contributed by atoms with van der Waals surface area (Å²) in [4.78, 5) is 27.4. The Morgan fingerprint density at radius 1 is 1.48 bits per heavy atom. The number of fused-ring (bicyclic) bond motifs is 1. The van der Waals surface area contributed by atoms with Crippen LogP contribution >= 0.6 is 0 Å². The molecule has 0 aliphatic heterocycles. The van der Waals surface area contributed by atoms with Gasteiger partial charge in [-0.15, -0.1) is 0 Å². The number of hydrogen-bond acceptors (Lipinski definition) is 7. The first-order valence-electron chi connectivity index (χ1n) is 6.21. The second-order valence-electron chi connectivity index (χ2n) is 4.51. The number of ether oxygens (including phenoxy) is 1. The Labute approximate surface area is 120 Å². The maximum absolute atomic E-state index is 12.2. The van der Waals surface area contributed by atoms with Gasteiger partial charge in [-0.1, -0.05) is 5.16 Å². The van der Waals surface area contributed by atoms with Crippen molar-refractivity contribution >= 4 is 23.0 Å². The zero-order valence-corrected chi connectivity index (χ0v) is 11.8. The lowest BCUT2D eigenvalue weighted by molar-refractivity contribution is -0.149. The fourth-order valence-electron chi connectivity index (χ4n) is 1.90. The van der Waals surface area contributed by atoms with E-state index in [-0.39, 0.29) is 12.3 Å². The number of aromatic nitrogens is 2. The number of pyridine rings is 1. The number of esters is 1. The number of carbonyl (C=O) groups excluding carboxylic acids is 2. The molecule has 8 nitrogen and oxygen atoms in total. The molecule has 0 saturated carbocycles. The van der Waals surface area contributed by atoms with E-state index in [0.29, 0.717) is 22.3 Å². The highest BCUT2D eigenvalue weighted by Gasteiger charge is 2.20. The minimum Gasteiger partial charge on any atom is -0.467 e. The maximum atomic E-state index is 12.2. The number of amides is 1. The van der Waals surface area contributed by atoms with E-state index < -0.39 is 18.0 Å². The molecule has 2 N–H and O–H groups in total. The van der Waals surface area contributed by atoms with Crippen LogP contribution in [0, 0.1) is 13.8 Å². The number of aliphatic hydroxyl groups is 1. The van der Waals surface area contributed by atoms with Gasteiger partial charge in [-0.05, 0) is 19.9 Å². The van der Waals surface area contributed by atoms with Gasteiger partial charge in [0.05, 0.1) is 30.3 Å². The molecule has 0 fully saturated rings. The third-order valence-corrected chi connectivity index (χ3v) is 2.92. The Morgan fingerprint density at radius 3 is 2.86 bits per heavy atom. The Hall–Kier alpha value is -2.48. The highest BCUT2D eigenvalue weighted by molar-refractivity contribution is 6.06. The minimum absolute atomic E-state index is 0.251. The van der Waals surface area contributed by atoms with E-state index in [1.807, 2.05) is 0 Å². The standard InChI is InChI=1S/C13H15N3O5/c1-6-4-8(10-7(2)16-21-12(10)15-6)11(18)14-5-9(17)13(19)20-3/h4,9,17H,5H2,1-3H3,(H,14,18). The van der Waals surface area contributed by atoms with Crippen LogP contribution < -0.4 is 5.32 Å². The van der Waals surface area contributed by atoms with Gasteiger partial charge in [-0.2, -0.15) is 0 Å². The van der Waals surface area contributed by atoms with Crippen molar-refractivity contribution in [1.82, 2.24) is 15.5 Å². The van der Waals surface area contributed by atoms with Gasteiger partial charge in [0.1, 0.15) is 0 Å². The molecule has 0 spiro atoms. The fourth-order valence-corrected chi connectivity index (χ4v) is 1.90. The molecule has 2 heterocycles. The topological polar surface area (TPSA) is 115 Å². The Bertz CT molecular complexity index is 694. The molecule has 2 rings (SSSR count). The summed E-state index contributed by atoms with van der Waals surface area (Å²) in [6.07, 6.45) is -1.42. The van der Waals surface area contributed by atoms with Gasteiger partial charge in [-0.25, -0.2) is 9.78 Å². The van der Waals surface area contributed by atoms with E-state index in [4.69, 9.17) is 4.52 Å². The summed E-state index contributed by atoms with van der Waals surface area (Å²) in [7, 11) is 1.16. The van der Waals surface area contributed by atoms with Crippen LogP contribution in [0.2, 0.25) is 0 Å². The number of nitrogens with one attached hydrogen (secondary N) is 1. The van der Waals surface area contributed by atoms with Crippen LogP contribution in [0.25, 0.3) is 11.1 Å². The largest absolute Gasteiger partial charge is 0.467 e. The van der Waals surface area contributed by atoms with Crippen molar-refractivity contribution in [3.05, 3.63) is 23.0 Å². The van der Waals surface area contributed by atoms with Gasteiger partial charge < -0.3 is 19.7 Å². The lowest BCUT2D eigenvalue weighted by Gasteiger charge is -2.10. The molecule has 21 heavy (non-hydrogen) atoms. The van der Waals surface area contributed by atoms with Crippen LogP contribution in [0.5, 0.6) is 0 Å². The van der Waals surface area contributed by atoms with Crippen LogP contribution in [0.1, 0.15) is 21.7 Å². The van der Waals surface area contributed by atoms with Gasteiger partial charge >= 0.3 is 5.97 Å². The smallest absolute Gasteiger partial charge is 0.336 e. The van der Waals surface area contributed by atoms with Crippen LogP contribution in [-0.4, -0.2) is 46.9 Å². The van der Waals surface area contributed by atoms with Crippen molar-refractivity contribution in [1.29, 1.82) is 0 Å². The molecule has 1 unspecified atom stereocenters. The first-order chi connectivity index (χ1) is 9.93. The minimum atomic E-state index is -1.42. The van der Waals surface area contributed by atoms with Gasteiger partial charge in [0.25, 0.3) is 11.6 Å². The number of methoxy groups -OCH3 is 1. The second-order valence-corrected chi connectivity index (χ2v) is 4.51. The van der Waals surface area contributed by atoms with Gasteiger partial charge in [0.15, 0.2) is 6.10 Å². The normalized spacial score (nSPS) is 12.2. The zero-order valence-electron chi connectivity index (χ0n) is 11.8. The van der Waals surface area contributed by atoms with E-state index in [9.17, 15) is 14.7 Å². The number of aryl methyl sites for hydroxylation is 2. The molecule has 0 bridgehead atoms. The summed E-state index contributed by atoms with van der Waals surface area (Å²) in [5, 5.41) is 16.2. The molecule has 0 radical (unpaired) electrons. The molecule has 0 saturated heterocycles. The number of hydrogen-bond donors (Lipinski definition) is 2. The predicted molar refractivity (Wildman–Crippen MR) is 71.6 cm³/mol. The lowest BCUT2D eigenvalue weighted by atomic mass is 10.1. The molecule has 8 heteroatoms. The average Bonchev–Trinajstić information content (AvgIpc) is 2.83. The van der Waals surface area contributed by atoms with E-state index in [1.54, 1.807) is 19.9 Å². The van der Waals surface area contributed by atoms with Gasteiger partial charge in [0, 0.05) is 5.69 Å². The van der Waals surface area contributed by atoms with Crippen LogP contribution in [0.15, 0.2) is 10.6 Å². The van der Waals surface area contributed by atoms with Crippen molar-refractivity contribution < 1.29 is 24.0 Å². The first-order valence-corrected chi connectivity index (χ1v) is 6.21. The molecule has 2 aromatic rings. The molecule has 1 atom stereocenters. The molecule has 0 aromatic carbocycles. The van der Waals surface area contributed by atoms with Crippen molar-refractivity contribution in [2.45, 2.75) is 20.0 Å². The Morgan fingerprint density at radius 2 is 2.19 bits per heavy atom. The number of carbonyl (C=O) groups is 2. The summed E-state index contributed by atoms with van der Waals surface area (Å²) < 4.78 is 9.41. The monoisotopic (exact) mass is 293 g/mol. The highest BCUT2D eigenvalue weighted by Crippen LogP contribution is 2.21. The van der Waals surface area contributed by atoms with Crippen LogP contribution in [0.3, 0.4) is 0 Å². The van der Waals surface area contributed by atoms with E-state index in [2.05, 4.69) is 20.2 Å². The number of aliphatic hydroxyl groups excluding tert-OH is 1. The Kier molecular flexibility index (Phi) is 4.18. The second kappa shape index (κ2) is 5.88. The quantitative estimate of drug-likeness (QED) is 0.768. The molecule has 2 aromatic heterocycles. The molecule has 112 valence electrons. The van der Waals surface area contributed by atoms with Crippen molar-refractivity contribution in [2.24, 2.45) is 0 Å². The van der Waals surface area contributed by atoms with Crippen LogP contribution in [-0.2, 0) is 9.53 Å². The summed E-state index contributed by atoms with van der Waals surface area (Å²) >= 11 is 0.